The molecular weight excluding hydrogens is 508 g/mol. The van der Waals surface area contributed by atoms with Gasteiger partial charge in [-0.25, -0.2) is 0 Å². The van der Waals surface area contributed by atoms with E-state index in [9.17, 15) is 19.2 Å². The quantitative estimate of drug-likeness (QED) is 0.444. The first-order valence-corrected chi connectivity index (χ1v) is 12.4. The first kappa shape index (κ1) is 27.3. The van der Waals surface area contributed by atoms with Crippen molar-refractivity contribution in [3.8, 4) is 11.5 Å². The summed E-state index contributed by atoms with van der Waals surface area (Å²) in [5, 5.41) is 4.73. The number of Topliss-reactive ketones (excluding diaryl/α,β-unsaturated/α-hetero) is 1. The van der Waals surface area contributed by atoms with Gasteiger partial charge >= 0.3 is 5.97 Å². The molecule has 1 aliphatic rings. The molecule has 2 N–H and O–H groups in total. The van der Waals surface area contributed by atoms with Gasteiger partial charge in [0.2, 0.25) is 11.8 Å². The molecule has 1 heterocycles. The summed E-state index contributed by atoms with van der Waals surface area (Å²) >= 11 is 7.57. The van der Waals surface area contributed by atoms with Crippen LogP contribution in [0.15, 0.2) is 36.4 Å². The summed E-state index contributed by atoms with van der Waals surface area (Å²) in [4.78, 5) is 48.9. The van der Waals surface area contributed by atoms with Crippen LogP contribution >= 0.6 is 23.4 Å². The van der Waals surface area contributed by atoms with Crippen LogP contribution in [0, 0.1) is 0 Å². The summed E-state index contributed by atoms with van der Waals surface area (Å²) < 4.78 is 15.6. The number of ketones is 1. The van der Waals surface area contributed by atoms with E-state index in [1.54, 1.807) is 24.3 Å². The standard InChI is InChI=1S/C25H27ClN2O7S/c1-33-19-6-4-5-16(23(19)35-3)24-17-11-14(26)7-9-18(17)28-25(32)20(36-24)12-21(30)27-13-15(29)8-10-22(31)34-2/h4-7,9,11,20,24H,8,10,12-13H2,1-3H3,(H,27,30)(H,28,32)/t20-,24-/m1/s1. The lowest BCUT2D eigenvalue weighted by Gasteiger charge is -2.23. The van der Waals surface area contributed by atoms with Crippen molar-refractivity contribution in [2.45, 2.75) is 29.8 Å². The van der Waals surface area contributed by atoms with Gasteiger partial charge in [0.05, 0.1) is 44.8 Å². The molecule has 0 aliphatic carbocycles. The van der Waals surface area contributed by atoms with E-state index >= 15 is 0 Å². The Balaban J connectivity index is 1.83. The van der Waals surface area contributed by atoms with Crippen LogP contribution in [0.1, 0.15) is 35.6 Å². The van der Waals surface area contributed by atoms with Crippen molar-refractivity contribution >= 4 is 52.6 Å². The first-order valence-electron chi connectivity index (χ1n) is 11.1. The topological polar surface area (TPSA) is 120 Å². The SMILES string of the molecule is COC(=O)CCC(=O)CNC(=O)C[C@H]1S[C@H](c2cccc(OC)c2OC)c2cc(Cl)ccc2NC1=O. The zero-order valence-electron chi connectivity index (χ0n) is 20.1. The maximum absolute atomic E-state index is 13.1. The number of carbonyl (C=O) groups is 4. The third kappa shape index (κ3) is 6.70. The highest BCUT2D eigenvalue weighted by atomic mass is 35.5. The van der Waals surface area contributed by atoms with Gasteiger partial charge in [-0.2, -0.15) is 0 Å². The lowest BCUT2D eigenvalue weighted by molar-refractivity contribution is -0.141. The summed E-state index contributed by atoms with van der Waals surface area (Å²) in [7, 11) is 4.31. The highest BCUT2D eigenvalue weighted by molar-refractivity contribution is 8.01. The number of hydrogen-bond donors (Lipinski definition) is 2. The number of amides is 2. The van der Waals surface area contributed by atoms with E-state index in [-0.39, 0.29) is 37.5 Å². The first-order chi connectivity index (χ1) is 17.3. The van der Waals surface area contributed by atoms with Gasteiger partial charge in [-0.1, -0.05) is 23.7 Å². The smallest absolute Gasteiger partial charge is 0.305 e. The predicted octanol–water partition coefficient (Wildman–Crippen LogP) is 3.53. The fourth-order valence-corrected chi connectivity index (χ4v) is 5.36. The third-order valence-corrected chi connectivity index (χ3v) is 7.28. The number of benzene rings is 2. The van der Waals surface area contributed by atoms with Crippen molar-refractivity contribution < 1.29 is 33.4 Å². The molecule has 2 aromatic rings. The van der Waals surface area contributed by atoms with E-state index in [1.165, 1.54) is 33.1 Å². The van der Waals surface area contributed by atoms with Crippen molar-refractivity contribution in [3.63, 3.8) is 0 Å². The van der Waals surface area contributed by atoms with E-state index in [1.807, 2.05) is 12.1 Å². The summed E-state index contributed by atoms with van der Waals surface area (Å²) in [6.45, 7) is -0.238. The van der Waals surface area contributed by atoms with Crippen LogP contribution in [0.5, 0.6) is 11.5 Å². The highest BCUT2D eigenvalue weighted by Gasteiger charge is 2.35. The number of esters is 1. The number of halogens is 1. The van der Waals surface area contributed by atoms with Crippen molar-refractivity contribution in [1.29, 1.82) is 0 Å². The third-order valence-electron chi connectivity index (χ3n) is 5.55. The number of thioether (sulfide) groups is 1. The molecule has 0 saturated carbocycles. The molecule has 2 aromatic carbocycles. The van der Waals surface area contributed by atoms with Gasteiger partial charge < -0.3 is 24.8 Å². The Morgan fingerprint density at radius 1 is 1.06 bits per heavy atom. The lowest BCUT2D eigenvalue weighted by atomic mass is 10.0. The molecule has 0 spiro atoms. The monoisotopic (exact) mass is 534 g/mol. The molecule has 0 unspecified atom stereocenters. The van der Waals surface area contributed by atoms with Gasteiger partial charge in [0.15, 0.2) is 17.3 Å². The number of nitrogens with one attached hydrogen (secondary N) is 2. The van der Waals surface area contributed by atoms with E-state index in [0.29, 0.717) is 22.2 Å². The number of ether oxygens (including phenoxy) is 3. The minimum Gasteiger partial charge on any atom is -0.493 e. The summed E-state index contributed by atoms with van der Waals surface area (Å²) in [6, 6.07) is 10.6. The molecule has 2 atom stereocenters. The predicted molar refractivity (Wildman–Crippen MR) is 137 cm³/mol. The molecule has 0 fully saturated rings. The molecule has 11 heteroatoms. The maximum Gasteiger partial charge on any atom is 0.305 e. The number of anilines is 1. The zero-order valence-corrected chi connectivity index (χ0v) is 21.7. The number of fused-ring (bicyclic) bond motifs is 1. The van der Waals surface area contributed by atoms with Crippen LogP contribution < -0.4 is 20.1 Å². The summed E-state index contributed by atoms with van der Waals surface area (Å²) in [5.74, 6) is -0.582. The second kappa shape index (κ2) is 12.6. The van der Waals surface area contributed by atoms with Gasteiger partial charge in [0.1, 0.15) is 0 Å². The lowest BCUT2D eigenvalue weighted by Crippen LogP contribution is -2.35. The Morgan fingerprint density at radius 3 is 2.53 bits per heavy atom. The molecule has 36 heavy (non-hydrogen) atoms. The van der Waals surface area contributed by atoms with Gasteiger partial charge in [-0.15, -0.1) is 11.8 Å². The molecule has 0 bridgehead atoms. The Labute approximate surface area is 218 Å². The van der Waals surface area contributed by atoms with Crippen molar-refractivity contribution in [1.82, 2.24) is 5.32 Å². The van der Waals surface area contributed by atoms with Crippen LogP contribution in [-0.4, -0.2) is 56.7 Å². The highest BCUT2D eigenvalue weighted by Crippen LogP contribution is 2.49. The molecule has 3 rings (SSSR count). The molecule has 192 valence electrons. The Kier molecular flexibility index (Phi) is 9.60. The van der Waals surface area contributed by atoms with Gasteiger partial charge in [-0.05, 0) is 29.8 Å². The number of methoxy groups -OCH3 is 3. The van der Waals surface area contributed by atoms with E-state index in [0.717, 1.165) is 11.1 Å². The number of hydrogen-bond acceptors (Lipinski definition) is 8. The molecule has 0 aromatic heterocycles. The summed E-state index contributed by atoms with van der Waals surface area (Å²) in [5.41, 5.74) is 2.09. The minimum atomic E-state index is -0.776. The van der Waals surface area contributed by atoms with Gasteiger partial charge in [0, 0.05) is 29.1 Å². The van der Waals surface area contributed by atoms with Crippen LogP contribution in [0.25, 0.3) is 0 Å². The molecule has 0 saturated heterocycles. The Morgan fingerprint density at radius 2 is 1.83 bits per heavy atom. The van der Waals surface area contributed by atoms with Crippen LogP contribution in [-0.2, 0) is 23.9 Å². The molecule has 1 aliphatic heterocycles. The second-order valence-corrected chi connectivity index (χ2v) is 9.65. The van der Waals surface area contributed by atoms with Crippen LogP contribution in [0.2, 0.25) is 5.02 Å². The van der Waals surface area contributed by atoms with Crippen LogP contribution in [0.4, 0.5) is 5.69 Å². The van der Waals surface area contributed by atoms with Gasteiger partial charge in [-0.3, -0.25) is 19.2 Å². The van der Waals surface area contributed by atoms with Crippen molar-refractivity contribution in [3.05, 3.63) is 52.5 Å². The Bertz CT molecular complexity index is 1160. The van der Waals surface area contributed by atoms with E-state index < -0.39 is 22.4 Å². The maximum atomic E-state index is 13.1. The fraction of sp³-hybridized carbons (Fsp3) is 0.360. The zero-order chi connectivity index (χ0) is 26.2. The Hall–Kier alpha value is -3.24. The molecule has 2 amide bonds. The average Bonchev–Trinajstić information content (AvgIpc) is 3.01. The fourth-order valence-electron chi connectivity index (χ4n) is 3.75. The summed E-state index contributed by atoms with van der Waals surface area (Å²) in [6.07, 6.45) is -0.262. The van der Waals surface area contributed by atoms with Crippen molar-refractivity contribution in [2.75, 3.05) is 33.2 Å². The second-order valence-electron chi connectivity index (χ2n) is 7.90. The molecule has 0 radical (unpaired) electrons. The van der Waals surface area contributed by atoms with Crippen LogP contribution in [0.3, 0.4) is 0 Å². The van der Waals surface area contributed by atoms with E-state index in [2.05, 4.69) is 15.4 Å². The average molecular weight is 535 g/mol. The number of carbonyl (C=O) groups excluding carboxylic acids is 4. The normalized spacial score (nSPS) is 16.7. The van der Waals surface area contributed by atoms with Crippen molar-refractivity contribution in [2.24, 2.45) is 0 Å². The van der Waals surface area contributed by atoms with E-state index in [4.69, 9.17) is 21.1 Å². The minimum absolute atomic E-state index is 0.0423. The molecule has 9 nitrogen and oxygen atoms in total. The largest absolute Gasteiger partial charge is 0.493 e. The van der Waals surface area contributed by atoms with Gasteiger partial charge in [0.25, 0.3) is 0 Å². The molecular formula is C25H27ClN2O7S. The number of para-hydroxylation sites is 1. The number of rotatable bonds is 10.